The molecular formula is C14H19N3O3. The molecule has 0 saturated heterocycles. The Morgan fingerprint density at radius 2 is 2.25 bits per heavy atom. The normalized spacial score (nSPS) is 10.7. The van der Waals surface area contributed by atoms with Gasteiger partial charge in [-0.1, -0.05) is 13.3 Å². The zero-order valence-electron chi connectivity index (χ0n) is 11.8. The molecule has 2 rings (SSSR count). The summed E-state index contributed by atoms with van der Waals surface area (Å²) in [5.41, 5.74) is 0.788. The lowest BCUT2D eigenvalue weighted by Crippen LogP contribution is -2.24. The highest BCUT2D eigenvalue weighted by Crippen LogP contribution is 2.22. The first-order chi connectivity index (χ1) is 9.70. The fraction of sp³-hybridized carbons (Fsp3) is 0.500. The van der Waals surface area contributed by atoms with Crippen LogP contribution in [-0.4, -0.2) is 22.6 Å². The van der Waals surface area contributed by atoms with Crippen molar-refractivity contribution in [3.05, 3.63) is 24.0 Å². The number of unbranched alkanes of at least 4 members (excludes halogenated alkanes) is 1. The number of amides is 1. The molecule has 0 spiro atoms. The standard InChI is InChI=1S/C14H19N3O3/c1-3-4-8-15-12(18)5-6-13-16-17-14(20-13)11-7-9-19-10(11)2/h7,9H,3-6,8H2,1-2H3,(H,15,18). The summed E-state index contributed by atoms with van der Waals surface area (Å²) in [6, 6.07) is 1.78. The predicted molar refractivity (Wildman–Crippen MR) is 73.0 cm³/mol. The molecule has 0 aromatic carbocycles. The minimum absolute atomic E-state index is 0.0118. The van der Waals surface area contributed by atoms with Gasteiger partial charge in [0.15, 0.2) is 0 Å². The number of aromatic nitrogens is 2. The van der Waals surface area contributed by atoms with Crippen molar-refractivity contribution in [2.24, 2.45) is 0 Å². The van der Waals surface area contributed by atoms with Gasteiger partial charge in [0.05, 0.1) is 11.8 Å². The molecule has 1 N–H and O–H groups in total. The van der Waals surface area contributed by atoms with E-state index in [1.807, 2.05) is 6.92 Å². The van der Waals surface area contributed by atoms with Gasteiger partial charge < -0.3 is 14.2 Å². The van der Waals surface area contributed by atoms with Crippen LogP contribution in [0.15, 0.2) is 21.2 Å². The molecule has 20 heavy (non-hydrogen) atoms. The molecule has 0 unspecified atom stereocenters. The van der Waals surface area contributed by atoms with Gasteiger partial charge in [0.1, 0.15) is 5.76 Å². The van der Waals surface area contributed by atoms with E-state index >= 15 is 0 Å². The van der Waals surface area contributed by atoms with Crippen molar-refractivity contribution in [2.45, 2.75) is 39.5 Å². The van der Waals surface area contributed by atoms with Crippen LogP contribution in [0, 0.1) is 6.92 Å². The van der Waals surface area contributed by atoms with Gasteiger partial charge in [-0.05, 0) is 19.4 Å². The highest BCUT2D eigenvalue weighted by Gasteiger charge is 2.13. The van der Waals surface area contributed by atoms with E-state index in [1.165, 1.54) is 0 Å². The third kappa shape index (κ3) is 3.69. The van der Waals surface area contributed by atoms with E-state index in [2.05, 4.69) is 22.4 Å². The van der Waals surface area contributed by atoms with E-state index in [9.17, 15) is 4.79 Å². The molecule has 6 nitrogen and oxygen atoms in total. The van der Waals surface area contributed by atoms with Crippen molar-refractivity contribution < 1.29 is 13.6 Å². The third-order valence-electron chi connectivity index (χ3n) is 2.97. The molecule has 1 amide bonds. The highest BCUT2D eigenvalue weighted by atomic mass is 16.4. The Hall–Kier alpha value is -2.11. The second kappa shape index (κ2) is 6.88. The average Bonchev–Trinajstić information content (AvgIpc) is 3.05. The van der Waals surface area contributed by atoms with Gasteiger partial charge >= 0.3 is 0 Å². The van der Waals surface area contributed by atoms with Crippen LogP contribution in [0.1, 0.15) is 37.8 Å². The number of hydrogen-bond donors (Lipinski definition) is 1. The number of nitrogens with one attached hydrogen (secondary N) is 1. The summed E-state index contributed by atoms with van der Waals surface area (Å²) in [5, 5.41) is 10.8. The maximum atomic E-state index is 11.6. The number of rotatable bonds is 7. The van der Waals surface area contributed by atoms with E-state index in [0.717, 1.165) is 30.7 Å². The number of carbonyl (C=O) groups is 1. The summed E-state index contributed by atoms with van der Waals surface area (Å²) < 4.78 is 10.7. The van der Waals surface area contributed by atoms with Crippen molar-refractivity contribution in [1.82, 2.24) is 15.5 Å². The average molecular weight is 277 g/mol. The van der Waals surface area contributed by atoms with Crippen LogP contribution >= 0.6 is 0 Å². The second-order valence-corrected chi connectivity index (χ2v) is 4.59. The molecule has 6 heteroatoms. The molecule has 0 fully saturated rings. The van der Waals surface area contributed by atoms with E-state index in [-0.39, 0.29) is 5.91 Å². The smallest absolute Gasteiger partial charge is 0.251 e. The lowest BCUT2D eigenvalue weighted by Gasteiger charge is -2.01. The lowest BCUT2D eigenvalue weighted by molar-refractivity contribution is -0.121. The molecule has 0 aliphatic carbocycles. The quantitative estimate of drug-likeness (QED) is 0.786. The fourth-order valence-corrected chi connectivity index (χ4v) is 1.78. The maximum Gasteiger partial charge on any atom is 0.251 e. The van der Waals surface area contributed by atoms with Crippen LogP contribution < -0.4 is 5.32 Å². The molecule has 0 saturated carbocycles. The monoisotopic (exact) mass is 277 g/mol. The van der Waals surface area contributed by atoms with Gasteiger partial charge in [-0.2, -0.15) is 0 Å². The lowest BCUT2D eigenvalue weighted by atomic mass is 10.2. The van der Waals surface area contributed by atoms with E-state index in [1.54, 1.807) is 12.3 Å². The molecule has 0 aliphatic rings. The number of aryl methyl sites for hydroxylation is 2. The molecule has 2 aromatic rings. The number of nitrogens with zero attached hydrogens (tertiary/aromatic N) is 2. The summed E-state index contributed by atoms with van der Waals surface area (Å²) in [7, 11) is 0. The molecular weight excluding hydrogens is 258 g/mol. The summed E-state index contributed by atoms with van der Waals surface area (Å²) in [4.78, 5) is 11.6. The zero-order chi connectivity index (χ0) is 14.4. The molecule has 0 atom stereocenters. The van der Waals surface area contributed by atoms with Crippen molar-refractivity contribution in [2.75, 3.05) is 6.54 Å². The Kier molecular flexibility index (Phi) is 4.92. The first-order valence-electron chi connectivity index (χ1n) is 6.84. The number of hydrogen-bond acceptors (Lipinski definition) is 5. The van der Waals surface area contributed by atoms with Crippen LogP contribution in [0.4, 0.5) is 0 Å². The van der Waals surface area contributed by atoms with E-state index < -0.39 is 0 Å². The Morgan fingerprint density at radius 1 is 1.40 bits per heavy atom. The first kappa shape index (κ1) is 14.3. The van der Waals surface area contributed by atoms with Crippen molar-refractivity contribution in [1.29, 1.82) is 0 Å². The molecule has 0 bridgehead atoms. The SMILES string of the molecule is CCCCNC(=O)CCc1nnc(-c2ccoc2C)o1. The van der Waals surface area contributed by atoms with Crippen molar-refractivity contribution in [3.8, 4) is 11.5 Å². The molecule has 2 aromatic heterocycles. The molecule has 0 aliphatic heterocycles. The van der Waals surface area contributed by atoms with Crippen LogP contribution in [0.3, 0.4) is 0 Å². The minimum atomic E-state index is 0.0118. The van der Waals surface area contributed by atoms with Gasteiger partial charge in [-0.25, -0.2) is 0 Å². The maximum absolute atomic E-state index is 11.6. The predicted octanol–water partition coefficient (Wildman–Crippen LogP) is 2.49. The Bertz CT molecular complexity index is 560. The van der Waals surface area contributed by atoms with Crippen LogP contribution in [0.2, 0.25) is 0 Å². The Morgan fingerprint density at radius 3 is 2.95 bits per heavy atom. The van der Waals surface area contributed by atoms with E-state index in [0.29, 0.717) is 24.6 Å². The summed E-state index contributed by atoms with van der Waals surface area (Å²) in [6.07, 6.45) is 4.45. The summed E-state index contributed by atoms with van der Waals surface area (Å²) in [6.45, 7) is 4.64. The minimum Gasteiger partial charge on any atom is -0.469 e. The topological polar surface area (TPSA) is 81.2 Å². The van der Waals surface area contributed by atoms with Gasteiger partial charge in [0, 0.05) is 19.4 Å². The van der Waals surface area contributed by atoms with Crippen LogP contribution in [0.25, 0.3) is 11.5 Å². The highest BCUT2D eigenvalue weighted by molar-refractivity contribution is 5.75. The largest absolute Gasteiger partial charge is 0.469 e. The van der Waals surface area contributed by atoms with E-state index in [4.69, 9.17) is 8.83 Å². The molecule has 108 valence electrons. The van der Waals surface area contributed by atoms with Crippen molar-refractivity contribution in [3.63, 3.8) is 0 Å². The Balaban J connectivity index is 1.84. The van der Waals surface area contributed by atoms with Gasteiger partial charge in [-0.15, -0.1) is 10.2 Å². The Labute approximate surface area is 117 Å². The molecule has 0 radical (unpaired) electrons. The second-order valence-electron chi connectivity index (χ2n) is 4.59. The van der Waals surface area contributed by atoms with Gasteiger partial charge in [0.25, 0.3) is 5.89 Å². The van der Waals surface area contributed by atoms with Gasteiger partial charge in [0.2, 0.25) is 11.8 Å². The fourth-order valence-electron chi connectivity index (χ4n) is 1.78. The van der Waals surface area contributed by atoms with Gasteiger partial charge in [-0.3, -0.25) is 4.79 Å². The van der Waals surface area contributed by atoms with Crippen LogP contribution in [-0.2, 0) is 11.2 Å². The zero-order valence-corrected chi connectivity index (χ0v) is 11.8. The number of furan rings is 1. The summed E-state index contributed by atoms with van der Waals surface area (Å²) in [5.74, 6) is 1.64. The molecule has 2 heterocycles. The van der Waals surface area contributed by atoms with Crippen LogP contribution in [0.5, 0.6) is 0 Å². The first-order valence-corrected chi connectivity index (χ1v) is 6.84. The van der Waals surface area contributed by atoms with Crippen molar-refractivity contribution >= 4 is 5.91 Å². The number of carbonyl (C=O) groups excluding carboxylic acids is 1. The summed E-state index contributed by atoms with van der Waals surface area (Å²) >= 11 is 0. The third-order valence-corrected chi connectivity index (χ3v) is 2.97.